The molecule has 4 rings (SSSR count). The van der Waals surface area contributed by atoms with Crippen LogP contribution in [0.5, 0.6) is 0 Å². The zero-order chi connectivity index (χ0) is 24.5. The van der Waals surface area contributed by atoms with Gasteiger partial charge in [0.25, 0.3) is 0 Å². The molecule has 2 aromatic rings. The number of piperazine rings is 1. The highest BCUT2D eigenvalue weighted by molar-refractivity contribution is 6.43. The summed E-state index contributed by atoms with van der Waals surface area (Å²) >= 11 is 12.5. The number of nitrogens with zero attached hydrogens (tertiary/aromatic N) is 4. The Labute approximate surface area is 204 Å². The predicted octanol–water partition coefficient (Wildman–Crippen LogP) is 4.37. The Balaban J connectivity index is 1.35. The Morgan fingerprint density at radius 1 is 1.06 bits per heavy atom. The fraction of sp³-hybridized carbons (Fsp3) is 0.348. The van der Waals surface area contributed by atoms with Crippen LogP contribution in [0.4, 0.5) is 19.0 Å². The number of hydrogen-bond donors (Lipinski definition) is 0. The number of aromatic nitrogens is 1. The van der Waals surface area contributed by atoms with Crippen LogP contribution in [0.1, 0.15) is 17.5 Å². The maximum Gasteiger partial charge on any atom is 0.417 e. The summed E-state index contributed by atoms with van der Waals surface area (Å²) in [5.41, 5.74) is 0.836. The number of carbonyl (C=O) groups is 2. The average Bonchev–Trinajstić information content (AvgIpc) is 2.80. The zero-order valence-corrected chi connectivity index (χ0v) is 19.5. The maximum absolute atomic E-state index is 12.9. The van der Waals surface area contributed by atoms with Crippen LogP contribution >= 0.6 is 23.2 Å². The van der Waals surface area contributed by atoms with E-state index in [9.17, 15) is 22.8 Å². The third-order valence-corrected chi connectivity index (χ3v) is 6.63. The van der Waals surface area contributed by atoms with Crippen LogP contribution in [0.2, 0.25) is 10.0 Å². The number of amides is 2. The third kappa shape index (κ3) is 5.37. The van der Waals surface area contributed by atoms with Gasteiger partial charge in [-0.15, -0.1) is 0 Å². The first-order valence-corrected chi connectivity index (χ1v) is 11.4. The van der Waals surface area contributed by atoms with E-state index in [0.717, 1.165) is 17.2 Å². The lowest BCUT2D eigenvalue weighted by Crippen LogP contribution is -2.53. The Morgan fingerprint density at radius 3 is 2.53 bits per heavy atom. The molecule has 0 saturated carbocycles. The number of pyridine rings is 1. The van der Waals surface area contributed by atoms with Gasteiger partial charge in [0.1, 0.15) is 5.82 Å². The molecular weight excluding hydrogens is 492 g/mol. The van der Waals surface area contributed by atoms with Crippen LogP contribution in [0.15, 0.2) is 42.6 Å². The van der Waals surface area contributed by atoms with Crippen molar-refractivity contribution in [2.45, 2.75) is 12.6 Å². The Hall–Kier alpha value is -2.62. The molecule has 0 N–H and O–H groups in total. The van der Waals surface area contributed by atoms with Crippen LogP contribution in [0.25, 0.3) is 5.57 Å². The van der Waals surface area contributed by atoms with E-state index < -0.39 is 11.7 Å². The van der Waals surface area contributed by atoms with E-state index >= 15 is 0 Å². The Bertz CT molecular complexity index is 1120. The minimum Gasteiger partial charge on any atom is -0.337 e. The number of benzene rings is 1. The molecule has 2 aliphatic rings. The largest absolute Gasteiger partial charge is 0.417 e. The third-order valence-electron chi connectivity index (χ3n) is 5.81. The zero-order valence-electron chi connectivity index (χ0n) is 18.0. The number of rotatable bonds is 4. The first-order chi connectivity index (χ1) is 16.1. The van der Waals surface area contributed by atoms with Gasteiger partial charge in [-0.2, -0.15) is 13.2 Å². The Morgan fingerprint density at radius 2 is 1.85 bits per heavy atom. The van der Waals surface area contributed by atoms with Crippen molar-refractivity contribution in [2.75, 3.05) is 44.2 Å². The highest BCUT2D eigenvalue weighted by atomic mass is 35.5. The molecule has 180 valence electrons. The van der Waals surface area contributed by atoms with Gasteiger partial charge >= 0.3 is 6.18 Å². The number of halogens is 5. The minimum atomic E-state index is -4.49. The van der Waals surface area contributed by atoms with Gasteiger partial charge in [0.2, 0.25) is 11.8 Å². The summed E-state index contributed by atoms with van der Waals surface area (Å²) in [6.45, 7) is 1.62. The molecule has 2 aliphatic heterocycles. The van der Waals surface area contributed by atoms with Crippen LogP contribution in [0.3, 0.4) is 0 Å². The molecule has 0 bridgehead atoms. The molecule has 0 aliphatic carbocycles. The lowest BCUT2D eigenvalue weighted by Gasteiger charge is -2.35. The van der Waals surface area contributed by atoms with Crippen LogP contribution in [0, 0.1) is 0 Å². The van der Waals surface area contributed by atoms with E-state index in [0.29, 0.717) is 42.3 Å². The molecule has 1 fully saturated rings. The second kappa shape index (κ2) is 9.93. The molecule has 34 heavy (non-hydrogen) atoms. The average molecular weight is 513 g/mol. The van der Waals surface area contributed by atoms with Crippen molar-refractivity contribution in [1.82, 2.24) is 14.8 Å². The Kier molecular flexibility index (Phi) is 7.16. The number of hydrogen-bond acceptors (Lipinski definition) is 4. The summed E-state index contributed by atoms with van der Waals surface area (Å²) in [5.74, 6) is -0.276. The summed E-state index contributed by atoms with van der Waals surface area (Å²) < 4.78 is 38.2. The van der Waals surface area contributed by atoms with Gasteiger partial charge in [0, 0.05) is 32.4 Å². The molecule has 0 radical (unpaired) electrons. The van der Waals surface area contributed by atoms with Crippen molar-refractivity contribution in [1.29, 1.82) is 0 Å². The summed E-state index contributed by atoms with van der Waals surface area (Å²) in [6, 6.07) is 7.46. The van der Waals surface area contributed by atoms with Gasteiger partial charge in [-0.05, 0) is 35.8 Å². The highest BCUT2D eigenvalue weighted by Crippen LogP contribution is 2.33. The van der Waals surface area contributed by atoms with Crippen molar-refractivity contribution in [3.05, 3.63) is 63.8 Å². The van der Waals surface area contributed by atoms with Crippen molar-refractivity contribution >= 4 is 46.4 Å². The van der Waals surface area contributed by atoms with E-state index in [2.05, 4.69) is 4.98 Å². The molecule has 0 unspecified atom stereocenters. The number of carbonyl (C=O) groups excluding carboxylic acids is 2. The van der Waals surface area contributed by atoms with Crippen molar-refractivity contribution in [3.8, 4) is 0 Å². The second-order valence-electron chi connectivity index (χ2n) is 8.09. The molecule has 2 amide bonds. The standard InChI is InChI=1S/C23H21Cl2F3N4O2/c24-18-5-1-4-17(22(18)25)15-3-2-8-31(12-15)20(33)13-30-9-10-32(21(34)14-30)19-7-6-16(11-29-19)23(26,27)28/h1,3-7,11H,2,8-10,12-14H2. The van der Waals surface area contributed by atoms with Crippen molar-refractivity contribution in [2.24, 2.45) is 0 Å². The molecule has 11 heteroatoms. The van der Waals surface area contributed by atoms with Gasteiger partial charge in [0.05, 0.1) is 28.7 Å². The molecule has 0 spiro atoms. The lowest BCUT2D eigenvalue weighted by atomic mass is 10.0. The van der Waals surface area contributed by atoms with Crippen LogP contribution < -0.4 is 4.90 Å². The van der Waals surface area contributed by atoms with Crippen LogP contribution in [-0.2, 0) is 15.8 Å². The number of anilines is 1. The minimum absolute atomic E-state index is 0.0227. The molecule has 3 heterocycles. The fourth-order valence-electron chi connectivity index (χ4n) is 4.01. The summed E-state index contributed by atoms with van der Waals surface area (Å²) in [4.78, 5) is 34.1. The monoisotopic (exact) mass is 512 g/mol. The molecule has 1 aromatic carbocycles. The fourth-order valence-corrected chi connectivity index (χ4v) is 4.43. The maximum atomic E-state index is 12.9. The molecule has 1 saturated heterocycles. The second-order valence-corrected chi connectivity index (χ2v) is 8.88. The van der Waals surface area contributed by atoms with E-state index in [1.54, 1.807) is 15.9 Å². The predicted molar refractivity (Wildman–Crippen MR) is 124 cm³/mol. The van der Waals surface area contributed by atoms with Crippen molar-refractivity contribution < 1.29 is 22.8 Å². The van der Waals surface area contributed by atoms with Gasteiger partial charge < -0.3 is 4.90 Å². The van der Waals surface area contributed by atoms with E-state index in [4.69, 9.17) is 23.2 Å². The van der Waals surface area contributed by atoms with Crippen LogP contribution in [-0.4, -0.2) is 65.9 Å². The number of alkyl halides is 3. The van der Waals surface area contributed by atoms with Gasteiger partial charge in [-0.3, -0.25) is 19.4 Å². The van der Waals surface area contributed by atoms with E-state index in [1.807, 2.05) is 18.2 Å². The SMILES string of the molecule is O=C(CN1CCN(c2ccc(C(F)(F)F)cn2)C(=O)C1)N1CCC=C(c2cccc(Cl)c2Cl)C1. The quantitative estimate of drug-likeness (QED) is 0.610. The summed E-state index contributed by atoms with van der Waals surface area (Å²) in [5, 5.41) is 0.894. The van der Waals surface area contributed by atoms with E-state index in [-0.39, 0.29) is 37.3 Å². The summed E-state index contributed by atoms with van der Waals surface area (Å²) in [6.07, 6.45) is -1.06. The lowest BCUT2D eigenvalue weighted by molar-refractivity contribution is -0.138. The van der Waals surface area contributed by atoms with Gasteiger partial charge in [-0.25, -0.2) is 4.98 Å². The van der Waals surface area contributed by atoms with Crippen molar-refractivity contribution in [3.63, 3.8) is 0 Å². The van der Waals surface area contributed by atoms with Gasteiger partial charge in [0.15, 0.2) is 0 Å². The first kappa shape index (κ1) is 24.5. The first-order valence-electron chi connectivity index (χ1n) is 10.6. The molecule has 0 atom stereocenters. The molecule has 1 aromatic heterocycles. The molecule has 6 nitrogen and oxygen atoms in total. The highest BCUT2D eigenvalue weighted by Gasteiger charge is 2.32. The summed E-state index contributed by atoms with van der Waals surface area (Å²) in [7, 11) is 0. The molecular formula is C23H21Cl2F3N4O2. The van der Waals surface area contributed by atoms with Gasteiger partial charge in [-0.1, -0.05) is 41.4 Å². The normalized spacial score (nSPS) is 17.7. The topological polar surface area (TPSA) is 56.8 Å². The smallest absolute Gasteiger partial charge is 0.337 e. The van der Waals surface area contributed by atoms with E-state index in [1.165, 1.54) is 11.0 Å².